The third-order valence-electron chi connectivity index (χ3n) is 4.54. The van der Waals surface area contributed by atoms with Crippen molar-refractivity contribution in [2.75, 3.05) is 13.1 Å². The topological polar surface area (TPSA) is 27.0 Å². The SMILES string of the molecule is CC1(C#N)CCCN(C2Cc3ccccc3C2)C1. The van der Waals surface area contributed by atoms with Gasteiger partial charge in [0.25, 0.3) is 0 Å². The van der Waals surface area contributed by atoms with E-state index >= 15 is 0 Å². The number of piperidine rings is 1. The summed E-state index contributed by atoms with van der Waals surface area (Å²) in [6, 6.07) is 11.9. The molecule has 1 aliphatic heterocycles. The summed E-state index contributed by atoms with van der Waals surface area (Å²) in [7, 11) is 0. The molecule has 1 unspecified atom stereocenters. The van der Waals surface area contributed by atoms with Crippen LogP contribution in [0.2, 0.25) is 0 Å². The van der Waals surface area contributed by atoms with Crippen molar-refractivity contribution in [3.8, 4) is 6.07 Å². The van der Waals surface area contributed by atoms with Crippen LogP contribution in [0.15, 0.2) is 24.3 Å². The van der Waals surface area contributed by atoms with Crippen LogP contribution in [0.3, 0.4) is 0 Å². The number of likely N-dealkylation sites (tertiary alicyclic amines) is 1. The summed E-state index contributed by atoms with van der Waals surface area (Å²) in [4.78, 5) is 2.55. The van der Waals surface area contributed by atoms with Crippen LogP contribution in [0.5, 0.6) is 0 Å². The lowest BCUT2D eigenvalue weighted by Gasteiger charge is -2.39. The molecule has 1 atom stereocenters. The summed E-state index contributed by atoms with van der Waals surface area (Å²) in [5.41, 5.74) is 2.88. The summed E-state index contributed by atoms with van der Waals surface area (Å²) >= 11 is 0. The zero-order valence-electron chi connectivity index (χ0n) is 11.0. The first-order chi connectivity index (χ1) is 8.70. The zero-order chi connectivity index (χ0) is 12.6. The Bertz CT molecular complexity index is 463. The molecule has 1 fully saturated rings. The van der Waals surface area contributed by atoms with Gasteiger partial charge in [-0.1, -0.05) is 24.3 Å². The third kappa shape index (κ3) is 2.04. The maximum Gasteiger partial charge on any atom is 0.0700 e. The minimum Gasteiger partial charge on any atom is -0.298 e. The van der Waals surface area contributed by atoms with Gasteiger partial charge in [0, 0.05) is 12.6 Å². The molecule has 0 amide bonds. The van der Waals surface area contributed by atoms with Crippen molar-refractivity contribution in [3.05, 3.63) is 35.4 Å². The van der Waals surface area contributed by atoms with Crippen LogP contribution in [0.1, 0.15) is 30.9 Å². The van der Waals surface area contributed by atoms with E-state index in [1.54, 1.807) is 0 Å². The molecule has 0 bridgehead atoms. The fourth-order valence-electron chi connectivity index (χ4n) is 3.48. The third-order valence-corrected chi connectivity index (χ3v) is 4.54. The van der Waals surface area contributed by atoms with Crippen LogP contribution >= 0.6 is 0 Å². The number of hydrogen-bond acceptors (Lipinski definition) is 2. The number of benzene rings is 1. The first-order valence-electron chi connectivity index (χ1n) is 6.92. The summed E-state index contributed by atoms with van der Waals surface area (Å²) in [6.07, 6.45) is 4.55. The Morgan fingerprint density at radius 3 is 2.56 bits per heavy atom. The molecule has 0 radical (unpaired) electrons. The van der Waals surface area contributed by atoms with Crippen LogP contribution in [0.4, 0.5) is 0 Å². The van der Waals surface area contributed by atoms with Gasteiger partial charge in [0.1, 0.15) is 0 Å². The Kier molecular flexibility index (Phi) is 2.87. The lowest BCUT2D eigenvalue weighted by Crippen LogP contribution is -2.46. The molecule has 1 aromatic rings. The van der Waals surface area contributed by atoms with E-state index < -0.39 is 0 Å². The molecule has 1 aliphatic carbocycles. The average Bonchev–Trinajstić information content (AvgIpc) is 2.83. The second kappa shape index (κ2) is 4.40. The Morgan fingerprint density at radius 1 is 1.28 bits per heavy atom. The van der Waals surface area contributed by atoms with Gasteiger partial charge in [-0.05, 0) is 50.3 Å². The number of nitrogens with zero attached hydrogens (tertiary/aromatic N) is 2. The molecule has 2 nitrogen and oxygen atoms in total. The minimum atomic E-state index is -0.132. The maximum atomic E-state index is 9.31. The van der Waals surface area contributed by atoms with Crippen molar-refractivity contribution >= 4 is 0 Å². The molecule has 2 heteroatoms. The van der Waals surface area contributed by atoms with E-state index in [2.05, 4.69) is 42.2 Å². The van der Waals surface area contributed by atoms with Crippen molar-refractivity contribution in [2.24, 2.45) is 5.41 Å². The molecule has 0 N–H and O–H groups in total. The van der Waals surface area contributed by atoms with Crippen molar-refractivity contribution in [2.45, 2.75) is 38.6 Å². The van der Waals surface area contributed by atoms with Crippen LogP contribution in [-0.4, -0.2) is 24.0 Å². The monoisotopic (exact) mass is 240 g/mol. The van der Waals surface area contributed by atoms with Gasteiger partial charge in [-0.2, -0.15) is 5.26 Å². The van der Waals surface area contributed by atoms with Crippen molar-refractivity contribution < 1.29 is 0 Å². The van der Waals surface area contributed by atoms with Gasteiger partial charge in [-0.3, -0.25) is 4.90 Å². The van der Waals surface area contributed by atoms with E-state index in [1.807, 2.05) is 0 Å². The highest BCUT2D eigenvalue weighted by atomic mass is 15.2. The Hall–Kier alpha value is -1.33. The van der Waals surface area contributed by atoms with Gasteiger partial charge >= 0.3 is 0 Å². The van der Waals surface area contributed by atoms with E-state index in [-0.39, 0.29) is 5.41 Å². The Morgan fingerprint density at radius 2 is 1.94 bits per heavy atom. The van der Waals surface area contributed by atoms with Crippen LogP contribution in [-0.2, 0) is 12.8 Å². The van der Waals surface area contributed by atoms with Gasteiger partial charge < -0.3 is 0 Å². The van der Waals surface area contributed by atoms with Crippen molar-refractivity contribution in [3.63, 3.8) is 0 Å². The van der Waals surface area contributed by atoms with E-state index in [0.717, 1.165) is 38.8 Å². The molecule has 1 aromatic carbocycles. The van der Waals surface area contributed by atoms with Gasteiger partial charge in [0.05, 0.1) is 11.5 Å². The molecule has 2 aliphatic rings. The number of hydrogen-bond donors (Lipinski definition) is 0. The van der Waals surface area contributed by atoms with E-state index in [9.17, 15) is 5.26 Å². The molecule has 0 spiro atoms. The summed E-state index contributed by atoms with van der Waals surface area (Å²) in [5, 5.41) is 9.31. The van der Waals surface area contributed by atoms with Crippen LogP contribution in [0, 0.1) is 16.7 Å². The maximum absolute atomic E-state index is 9.31. The molecular weight excluding hydrogens is 220 g/mol. The second-order valence-electron chi connectivity index (χ2n) is 6.08. The molecule has 1 saturated heterocycles. The predicted octanol–water partition coefficient (Wildman–Crippen LogP) is 2.78. The molecule has 0 saturated carbocycles. The molecule has 18 heavy (non-hydrogen) atoms. The highest BCUT2D eigenvalue weighted by Crippen LogP contribution is 2.33. The standard InChI is InChI=1S/C16H20N2/c1-16(11-17)7-4-8-18(12-16)15-9-13-5-2-3-6-14(13)10-15/h2-3,5-6,15H,4,7-10,12H2,1H3. The molecule has 1 heterocycles. The fourth-order valence-corrected chi connectivity index (χ4v) is 3.48. The largest absolute Gasteiger partial charge is 0.298 e. The van der Waals surface area contributed by atoms with Crippen molar-refractivity contribution in [1.82, 2.24) is 4.90 Å². The van der Waals surface area contributed by atoms with E-state index in [1.165, 1.54) is 11.1 Å². The zero-order valence-corrected chi connectivity index (χ0v) is 11.0. The molecule has 0 aromatic heterocycles. The molecular formula is C16H20N2. The van der Waals surface area contributed by atoms with Gasteiger partial charge in [0.2, 0.25) is 0 Å². The summed E-state index contributed by atoms with van der Waals surface area (Å²) < 4.78 is 0. The lowest BCUT2D eigenvalue weighted by atomic mass is 9.83. The first kappa shape index (κ1) is 11.7. The normalized spacial score (nSPS) is 28.9. The van der Waals surface area contributed by atoms with E-state index in [0.29, 0.717) is 6.04 Å². The Labute approximate surface area is 109 Å². The summed E-state index contributed by atoms with van der Waals surface area (Å²) in [5.74, 6) is 0. The first-order valence-corrected chi connectivity index (χ1v) is 6.92. The van der Waals surface area contributed by atoms with Crippen LogP contribution < -0.4 is 0 Å². The van der Waals surface area contributed by atoms with E-state index in [4.69, 9.17) is 0 Å². The molecule has 94 valence electrons. The quantitative estimate of drug-likeness (QED) is 0.754. The number of nitriles is 1. The smallest absolute Gasteiger partial charge is 0.0700 e. The van der Waals surface area contributed by atoms with Gasteiger partial charge in [-0.25, -0.2) is 0 Å². The molecule has 3 rings (SSSR count). The lowest BCUT2D eigenvalue weighted by molar-refractivity contribution is 0.102. The van der Waals surface area contributed by atoms with Gasteiger partial charge in [0.15, 0.2) is 0 Å². The second-order valence-corrected chi connectivity index (χ2v) is 6.08. The Balaban J connectivity index is 1.73. The number of fused-ring (bicyclic) bond motifs is 1. The van der Waals surface area contributed by atoms with Crippen LogP contribution in [0.25, 0.3) is 0 Å². The number of rotatable bonds is 1. The summed E-state index contributed by atoms with van der Waals surface area (Å²) in [6.45, 7) is 4.22. The fraction of sp³-hybridized carbons (Fsp3) is 0.562. The van der Waals surface area contributed by atoms with Gasteiger partial charge in [-0.15, -0.1) is 0 Å². The average molecular weight is 240 g/mol. The minimum absolute atomic E-state index is 0.132. The highest BCUT2D eigenvalue weighted by molar-refractivity contribution is 5.33. The highest BCUT2D eigenvalue weighted by Gasteiger charge is 2.35. The van der Waals surface area contributed by atoms with Crippen molar-refractivity contribution in [1.29, 1.82) is 5.26 Å². The predicted molar refractivity (Wildman–Crippen MR) is 72.2 cm³/mol.